The van der Waals surface area contributed by atoms with E-state index in [1.165, 1.54) is 6.08 Å². The van der Waals surface area contributed by atoms with E-state index in [0.717, 1.165) is 11.3 Å². The Labute approximate surface area is 134 Å². The number of nitrogens with one attached hydrogen (secondary N) is 1. The molecule has 3 N–H and O–H groups in total. The van der Waals surface area contributed by atoms with Gasteiger partial charge in [0.05, 0.1) is 6.61 Å². The molecule has 0 heterocycles. The van der Waals surface area contributed by atoms with Gasteiger partial charge in [-0.1, -0.05) is 30.3 Å². The minimum Gasteiger partial charge on any atom is -0.494 e. The fourth-order valence-electron chi connectivity index (χ4n) is 1.95. The minimum atomic E-state index is -0.705. The Kier molecular flexibility index (Phi) is 5.52. The van der Waals surface area contributed by atoms with Crippen LogP contribution in [0, 0.1) is 0 Å². The van der Waals surface area contributed by atoms with Gasteiger partial charge in [0.2, 0.25) is 0 Å². The lowest BCUT2D eigenvalue weighted by atomic mass is 10.1. The number of carbonyl (C=O) groups is 2. The van der Waals surface area contributed by atoms with Crippen molar-refractivity contribution in [2.75, 3.05) is 6.61 Å². The predicted octanol–water partition coefficient (Wildman–Crippen LogP) is 2.34. The number of ether oxygens (including phenoxy) is 1. The Balaban J connectivity index is 2.17. The van der Waals surface area contributed by atoms with Crippen molar-refractivity contribution in [1.29, 1.82) is 0 Å². The van der Waals surface area contributed by atoms with Gasteiger partial charge in [0.1, 0.15) is 11.4 Å². The van der Waals surface area contributed by atoms with E-state index in [4.69, 9.17) is 10.5 Å². The monoisotopic (exact) mass is 310 g/mol. The third-order valence-corrected chi connectivity index (χ3v) is 3.05. The number of carbonyl (C=O) groups excluding carboxylic acids is 2. The molecule has 0 aromatic heterocycles. The van der Waals surface area contributed by atoms with Crippen LogP contribution in [-0.4, -0.2) is 18.4 Å². The maximum atomic E-state index is 12.1. The highest BCUT2D eigenvalue weighted by Crippen LogP contribution is 2.14. The van der Waals surface area contributed by atoms with Crippen molar-refractivity contribution in [3.63, 3.8) is 0 Å². The molecule has 0 aliphatic rings. The fraction of sp³-hybridized carbons (Fsp3) is 0.111. The van der Waals surface area contributed by atoms with Gasteiger partial charge < -0.3 is 15.8 Å². The van der Waals surface area contributed by atoms with Crippen LogP contribution in [-0.2, 0) is 4.79 Å². The van der Waals surface area contributed by atoms with Crippen molar-refractivity contribution < 1.29 is 14.3 Å². The lowest BCUT2D eigenvalue weighted by Crippen LogP contribution is -2.31. The summed E-state index contributed by atoms with van der Waals surface area (Å²) in [5.74, 6) is -0.358. The molecule has 0 saturated carbocycles. The molecule has 0 aliphatic carbocycles. The molecule has 5 nitrogen and oxygen atoms in total. The highest BCUT2D eigenvalue weighted by atomic mass is 16.5. The summed E-state index contributed by atoms with van der Waals surface area (Å²) in [4.78, 5) is 23.7. The highest BCUT2D eigenvalue weighted by molar-refractivity contribution is 6.04. The molecule has 0 unspecified atom stereocenters. The molecule has 2 aromatic carbocycles. The van der Waals surface area contributed by atoms with Crippen LogP contribution in [0.1, 0.15) is 22.8 Å². The second-order valence-corrected chi connectivity index (χ2v) is 4.74. The lowest BCUT2D eigenvalue weighted by Gasteiger charge is -2.07. The maximum Gasteiger partial charge on any atom is 0.265 e. The second-order valence-electron chi connectivity index (χ2n) is 4.74. The predicted molar refractivity (Wildman–Crippen MR) is 88.7 cm³/mol. The van der Waals surface area contributed by atoms with Crippen LogP contribution in [0.15, 0.2) is 60.3 Å². The Morgan fingerprint density at radius 1 is 1.09 bits per heavy atom. The van der Waals surface area contributed by atoms with Crippen molar-refractivity contribution >= 4 is 17.9 Å². The van der Waals surface area contributed by atoms with E-state index < -0.39 is 5.91 Å². The van der Waals surface area contributed by atoms with E-state index in [1.807, 2.05) is 13.0 Å². The van der Waals surface area contributed by atoms with Crippen molar-refractivity contribution in [1.82, 2.24) is 5.32 Å². The number of amides is 2. The van der Waals surface area contributed by atoms with Gasteiger partial charge >= 0.3 is 0 Å². The Morgan fingerprint density at radius 2 is 1.74 bits per heavy atom. The molecular formula is C18H18N2O3. The third kappa shape index (κ3) is 4.71. The zero-order valence-corrected chi connectivity index (χ0v) is 12.8. The number of primary amides is 1. The van der Waals surface area contributed by atoms with Crippen molar-refractivity contribution in [3.05, 3.63) is 71.4 Å². The van der Waals surface area contributed by atoms with Gasteiger partial charge in [-0.05, 0) is 42.8 Å². The molecule has 0 radical (unpaired) electrons. The summed E-state index contributed by atoms with van der Waals surface area (Å²) >= 11 is 0. The van der Waals surface area contributed by atoms with Crippen LogP contribution in [0.5, 0.6) is 5.75 Å². The van der Waals surface area contributed by atoms with E-state index in [9.17, 15) is 9.59 Å². The van der Waals surface area contributed by atoms with Crippen LogP contribution in [0.25, 0.3) is 6.08 Å². The molecule has 2 aromatic rings. The number of hydrogen-bond acceptors (Lipinski definition) is 3. The van der Waals surface area contributed by atoms with Gasteiger partial charge in [-0.3, -0.25) is 9.59 Å². The zero-order valence-electron chi connectivity index (χ0n) is 12.8. The van der Waals surface area contributed by atoms with Crippen LogP contribution in [0.3, 0.4) is 0 Å². The number of rotatable bonds is 6. The average Bonchev–Trinajstić information content (AvgIpc) is 2.57. The van der Waals surface area contributed by atoms with Crippen LogP contribution >= 0.6 is 0 Å². The van der Waals surface area contributed by atoms with E-state index in [2.05, 4.69) is 5.32 Å². The standard InChI is InChI=1S/C18H18N2O3/c1-2-23-15-10-8-13(9-11-15)12-16(17(19)21)20-18(22)14-6-4-3-5-7-14/h3-12H,2H2,1H3,(H2,19,21)(H,20,22)/b16-12+. The highest BCUT2D eigenvalue weighted by Gasteiger charge is 2.11. The summed E-state index contributed by atoms with van der Waals surface area (Å²) < 4.78 is 5.35. The molecule has 5 heteroatoms. The van der Waals surface area contributed by atoms with E-state index in [-0.39, 0.29) is 11.6 Å². The van der Waals surface area contributed by atoms with Crippen LogP contribution < -0.4 is 15.8 Å². The lowest BCUT2D eigenvalue weighted by molar-refractivity contribution is -0.114. The summed E-state index contributed by atoms with van der Waals surface area (Å²) in [5.41, 5.74) is 6.55. The molecule has 23 heavy (non-hydrogen) atoms. The number of hydrogen-bond donors (Lipinski definition) is 2. The minimum absolute atomic E-state index is 0.0306. The first-order valence-electron chi connectivity index (χ1n) is 7.21. The number of benzene rings is 2. The maximum absolute atomic E-state index is 12.1. The molecule has 0 fully saturated rings. The Morgan fingerprint density at radius 3 is 2.30 bits per heavy atom. The Bertz CT molecular complexity index is 707. The molecule has 0 saturated heterocycles. The quantitative estimate of drug-likeness (QED) is 0.804. The molecule has 2 amide bonds. The van der Waals surface area contributed by atoms with Crippen LogP contribution in [0.4, 0.5) is 0 Å². The third-order valence-electron chi connectivity index (χ3n) is 3.05. The van der Waals surface area contributed by atoms with Gasteiger partial charge in [-0.25, -0.2) is 0 Å². The second kappa shape index (κ2) is 7.79. The fourth-order valence-corrected chi connectivity index (χ4v) is 1.95. The smallest absolute Gasteiger partial charge is 0.265 e. The Hall–Kier alpha value is -3.08. The largest absolute Gasteiger partial charge is 0.494 e. The van der Waals surface area contributed by atoms with Crippen molar-refractivity contribution in [2.45, 2.75) is 6.92 Å². The molecular weight excluding hydrogens is 292 g/mol. The first-order valence-corrected chi connectivity index (χ1v) is 7.21. The van der Waals surface area contributed by atoms with Gasteiger partial charge in [0.25, 0.3) is 11.8 Å². The molecule has 0 spiro atoms. The summed E-state index contributed by atoms with van der Waals surface area (Å²) in [6.45, 7) is 2.48. The van der Waals surface area contributed by atoms with Crippen molar-refractivity contribution in [2.24, 2.45) is 5.73 Å². The van der Waals surface area contributed by atoms with E-state index in [0.29, 0.717) is 12.2 Å². The van der Waals surface area contributed by atoms with E-state index >= 15 is 0 Å². The summed E-state index contributed by atoms with van der Waals surface area (Å²) in [6, 6.07) is 15.7. The first-order chi connectivity index (χ1) is 11.1. The summed E-state index contributed by atoms with van der Waals surface area (Å²) in [7, 11) is 0. The van der Waals surface area contributed by atoms with Crippen LogP contribution in [0.2, 0.25) is 0 Å². The van der Waals surface area contributed by atoms with E-state index in [1.54, 1.807) is 48.5 Å². The van der Waals surface area contributed by atoms with Gasteiger partial charge in [-0.15, -0.1) is 0 Å². The van der Waals surface area contributed by atoms with Gasteiger partial charge in [0.15, 0.2) is 0 Å². The van der Waals surface area contributed by atoms with Gasteiger partial charge in [-0.2, -0.15) is 0 Å². The average molecular weight is 310 g/mol. The summed E-state index contributed by atoms with van der Waals surface area (Å²) in [5, 5.41) is 2.54. The SMILES string of the molecule is CCOc1ccc(/C=C(/NC(=O)c2ccccc2)C(N)=O)cc1. The first kappa shape index (κ1) is 16.3. The topological polar surface area (TPSA) is 81.4 Å². The number of nitrogens with two attached hydrogens (primary N) is 1. The molecule has 0 bridgehead atoms. The molecule has 118 valence electrons. The molecule has 2 rings (SSSR count). The summed E-state index contributed by atoms with van der Waals surface area (Å²) in [6.07, 6.45) is 1.53. The normalized spacial score (nSPS) is 10.9. The zero-order chi connectivity index (χ0) is 16.7. The molecule has 0 aliphatic heterocycles. The van der Waals surface area contributed by atoms with Gasteiger partial charge in [0, 0.05) is 5.56 Å². The van der Waals surface area contributed by atoms with Crippen molar-refractivity contribution in [3.8, 4) is 5.75 Å². The molecule has 0 atom stereocenters.